The third kappa shape index (κ3) is 3.46. The molecule has 2 heteroatoms. The summed E-state index contributed by atoms with van der Waals surface area (Å²) in [6, 6.07) is 0.769. The van der Waals surface area contributed by atoms with Gasteiger partial charge in [0.2, 0.25) is 0 Å². The van der Waals surface area contributed by atoms with Crippen LogP contribution >= 0.6 is 0 Å². The molecule has 1 heterocycles. The predicted octanol–water partition coefficient (Wildman–Crippen LogP) is 2.64. The molecule has 0 aromatic heterocycles. The van der Waals surface area contributed by atoms with E-state index in [9.17, 15) is 0 Å². The van der Waals surface area contributed by atoms with Crippen molar-refractivity contribution in [1.82, 2.24) is 10.2 Å². The molecule has 2 nitrogen and oxygen atoms in total. The van der Waals surface area contributed by atoms with Crippen molar-refractivity contribution in [3.05, 3.63) is 0 Å². The van der Waals surface area contributed by atoms with E-state index in [0.29, 0.717) is 0 Å². The van der Waals surface area contributed by atoms with Gasteiger partial charge in [-0.25, -0.2) is 0 Å². The van der Waals surface area contributed by atoms with E-state index in [2.05, 4.69) is 17.1 Å². The maximum Gasteiger partial charge on any atom is 0.0223 e. The van der Waals surface area contributed by atoms with Crippen LogP contribution in [-0.2, 0) is 0 Å². The van der Waals surface area contributed by atoms with Gasteiger partial charge in [-0.2, -0.15) is 0 Å². The summed E-state index contributed by atoms with van der Waals surface area (Å²) in [6.07, 6.45) is 10.1. The van der Waals surface area contributed by atoms with Crippen molar-refractivity contribution in [2.75, 3.05) is 26.2 Å². The van der Waals surface area contributed by atoms with Crippen molar-refractivity contribution < 1.29 is 0 Å². The monoisotopic (exact) mass is 224 g/mol. The highest BCUT2D eigenvalue weighted by Gasteiger charge is 2.26. The molecule has 1 saturated heterocycles. The summed E-state index contributed by atoms with van der Waals surface area (Å²) < 4.78 is 0. The van der Waals surface area contributed by atoms with Crippen molar-refractivity contribution in [3.63, 3.8) is 0 Å². The number of nitrogens with zero attached hydrogens (tertiary/aromatic N) is 1. The van der Waals surface area contributed by atoms with Gasteiger partial charge in [-0.15, -0.1) is 0 Å². The van der Waals surface area contributed by atoms with Gasteiger partial charge in [-0.3, -0.25) is 0 Å². The summed E-state index contributed by atoms with van der Waals surface area (Å²) in [5.41, 5.74) is 0. The van der Waals surface area contributed by atoms with Crippen LogP contribution < -0.4 is 5.32 Å². The number of nitrogens with one attached hydrogen (secondary N) is 1. The van der Waals surface area contributed by atoms with Gasteiger partial charge >= 0.3 is 0 Å². The molecule has 1 atom stereocenters. The first-order valence-corrected chi connectivity index (χ1v) is 7.36. The first-order valence-electron chi connectivity index (χ1n) is 7.36. The number of likely N-dealkylation sites (N-methyl/N-ethyl adjacent to an activating group) is 1. The molecular formula is C14H28N2. The molecule has 2 fully saturated rings. The Balaban J connectivity index is 1.80. The van der Waals surface area contributed by atoms with Crippen molar-refractivity contribution in [2.45, 2.75) is 57.9 Å². The summed E-state index contributed by atoms with van der Waals surface area (Å²) in [5.74, 6) is 0.960. The molecule has 0 radical (unpaired) electrons. The lowest BCUT2D eigenvalue weighted by Gasteiger charge is -2.33. The SMILES string of the molecule is CCNC(CN1CCCCC1)C1CCCC1. The lowest BCUT2D eigenvalue weighted by Crippen LogP contribution is -2.46. The zero-order valence-corrected chi connectivity index (χ0v) is 10.9. The highest BCUT2D eigenvalue weighted by Crippen LogP contribution is 2.28. The second-order valence-corrected chi connectivity index (χ2v) is 5.57. The molecule has 94 valence electrons. The fourth-order valence-corrected chi connectivity index (χ4v) is 3.42. The van der Waals surface area contributed by atoms with Crippen LogP contribution in [0.5, 0.6) is 0 Å². The van der Waals surface area contributed by atoms with Gasteiger partial charge < -0.3 is 10.2 Å². The minimum Gasteiger partial charge on any atom is -0.313 e. The Morgan fingerprint density at radius 2 is 1.75 bits per heavy atom. The number of rotatable bonds is 5. The standard InChI is InChI=1S/C14H28N2/c1-2-15-14(13-8-4-5-9-13)12-16-10-6-3-7-11-16/h13-15H,2-12H2,1H3. The van der Waals surface area contributed by atoms with Crippen LogP contribution in [0.4, 0.5) is 0 Å². The molecule has 1 aliphatic heterocycles. The van der Waals surface area contributed by atoms with Crippen LogP contribution in [0.15, 0.2) is 0 Å². The van der Waals surface area contributed by atoms with Crippen molar-refractivity contribution in [1.29, 1.82) is 0 Å². The molecule has 0 amide bonds. The third-order valence-electron chi connectivity index (χ3n) is 4.34. The second kappa shape index (κ2) is 6.61. The van der Waals surface area contributed by atoms with Crippen molar-refractivity contribution in [2.24, 2.45) is 5.92 Å². The lowest BCUT2D eigenvalue weighted by molar-refractivity contribution is 0.181. The zero-order valence-electron chi connectivity index (χ0n) is 10.9. The lowest BCUT2D eigenvalue weighted by atomic mass is 9.96. The summed E-state index contributed by atoms with van der Waals surface area (Å²) in [5, 5.41) is 3.73. The smallest absolute Gasteiger partial charge is 0.0223 e. The maximum atomic E-state index is 3.73. The molecule has 1 unspecified atom stereocenters. The van der Waals surface area contributed by atoms with Gasteiger partial charge in [0.1, 0.15) is 0 Å². The summed E-state index contributed by atoms with van der Waals surface area (Å²) >= 11 is 0. The van der Waals surface area contributed by atoms with Crippen LogP contribution in [0.3, 0.4) is 0 Å². The van der Waals surface area contributed by atoms with E-state index < -0.39 is 0 Å². The minimum atomic E-state index is 0.769. The molecule has 1 saturated carbocycles. The number of hydrogen-bond donors (Lipinski definition) is 1. The average molecular weight is 224 g/mol. The summed E-state index contributed by atoms with van der Waals surface area (Å²) in [7, 11) is 0. The van der Waals surface area contributed by atoms with Gasteiger partial charge in [0.15, 0.2) is 0 Å². The highest BCUT2D eigenvalue weighted by molar-refractivity contribution is 4.83. The molecule has 0 bridgehead atoms. The Bertz CT molecular complexity index is 181. The molecule has 2 aliphatic rings. The number of hydrogen-bond acceptors (Lipinski definition) is 2. The van der Waals surface area contributed by atoms with Gasteiger partial charge in [0.05, 0.1) is 0 Å². The van der Waals surface area contributed by atoms with E-state index in [1.165, 1.54) is 64.6 Å². The van der Waals surface area contributed by atoms with Gasteiger partial charge in [-0.05, 0) is 51.2 Å². The largest absolute Gasteiger partial charge is 0.313 e. The second-order valence-electron chi connectivity index (χ2n) is 5.57. The van der Waals surface area contributed by atoms with Crippen LogP contribution in [0.1, 0.15) is 51.9 Å². The maximum absolute atomic E-state index is 3.73. The van der Waals surface area contributed by atoms with E-state index in [4.69, 9.17) is 0 Å². The van der Waals surface area contributed by atoms with Crippen molar-refractivity contribution in [3.8, 4) is 0 Å². The Kier molecular flexibility index (Phi) is 5.11. The first-order chi connectivity index (χ1) is 7.90. The Morgan fingerprint density at radius 1 is 1.06 bits per heavy atom. The molecule has 2 rings (SSSR count). The molecule has 0 aromatic carbocycles. The first kappa shape index (κ1) is 12.4. The molecule has 1 N–H and O–H groups in total. The fraction of sp³-hybridized carbons (Fsp3) is 1.00. The third-order valence-corrected chi connectivity index (χ3v) is 4.34. The van der Waals surface area contributed by atoms with Gasteiger partial charge in [0.25, 0.3) is 0 Å². The highest BCUT2D eigenvalue weighted by atomic mass is 15.2. The van der Waals surface area contributed by atoms with E-state index in [0.717, 1.165) is 18.5 Å². The molecular weight excluding hydrogens is 196 g/mol. The molecule has 16 heavy (non-hydrogen) atoms. The van der Waals surface area contributed by atoms with Crippen LogP contribution in [0, 0.1) is 5.92 Å². The van der Waals surface area contributed by atoms with E-state index >= 15 is 0 Å². The molecule has 0 spiro atoms. The van der Waals surface area contributed by atoms with Crippen LogP contribution in [0.2, 0.25) is 0 Å². The predicted molar refractivity (Wildman–Crippen MR) is 69.7 cm³/mol. The molecule has 1 aliphatic carbocycles. The zero-order chi connectivity index (χ0) is 11.2. The average Bonchev–Trinajstić information content (AvgIpc) is 2.83. The molecule has 0 aromatic rings. The number of likely N-dealkylation sites (tertiary alicyclic amines) is 1. The minimum absolute atomic E-state index is 0.769. The summed E-state index contributed by atoms with van der Waals surface area (Å²) in [6.45, 7) is 7.37. The number of piperidine rings is 1. The van der Waals surface area contributed by atoms with Crippen LogP contribution in [-0.4, -0.2) is 37.1 Å². The fourth-order valence-electron chi connectivity index (χ4n) is 3.42. The Morgan fingerprint density at radius 3 is 2.38 bits per heavy atom. The van der Waals surface area contributed by atoms with Crippen LogP contribution in [0.25, 0.3) is 0 Å². The topological polar surface area (TPSA) is 15.3 Å². The van der Waals surface area contributed by atoms with E-state index in [1.807, 2.05) is 0 Å². The Labute approximate surface area is 101 Å². The Hall–Kier alpha value is -0.0800. The van der Waals surface area contributed by atoms with Crippen molar-refractivity contribution >= 4 is 0 Å². The van der Waals surface area contributed by atoms with E-state index in [1.54, 1.807) is 0 Å². The summed E-state index contributed by atoms with van der Waals surface area (Å²) in [4.78, 5) is 2.69. The van der Waals surface area contributed by atoms with Gasteiger partial charge in [0, 0.05) is 12.6 Å². The van der Waals surface area contributed by atoms with Gasteiger partial charge in [-0.1, -0.05) is 26.2 Å². The van der Waals surface area contributed by atoms with E-state index in [-0.39, 0.29) is 0 Å². The quantitative estimate of drug-likeness (QED) is 0.772. The normalized spacial score (nSPS) is 26.1.